The third-order valence-electron chi connectivity index (χ3n) is 11.6. The first-order valence-corrected chi connectivity index (χ1v) is 21.1. The van der Waals surface area contributed by atoms with E-state index in [0.29, 0.717) is 30.7 Å². The Morgan fingerprint density at radius 3 is 2.10 bits per heavy atom. The SMILES string of the molecule is COC(=O)[C@@H](C)C[C@H](Cc1ccccc1)NC(=O)c1csc([C@@H](C[C@H](C(C)C)N(C)C(=O)C2(NC(=O)OCC3c4ccccc4-c4ccccc43)CCC2)OC(C)=O)n1. The molecule has 312 valence electrons. The van der Waals surface area contributed by atoms with Gasteiger partial charge in [0.15, 0.2) is 6.10 Å². The molecule has 1 fully saturated rings. The summed E-state index contributed by atoms with van der Waals surface area (Å²) < 4.78 is 16.6. The minimum Gasteiger partial charge on any atom is -0.469 e. The van der Waals surface area contributed by atoms with Crippen molar-refractivity contribution in [1.82, 2.24) is 20.5 Å². The fraction of sp³-hybridized carbons (Fsp3) is 0.435. The van der Waals surface area contributed by atoms with Gasteiger partial charge in [0.05, 0.1) is 13.0 Å². The highest BCUT2D eigenvalue weighted by molar-refractivity contribution is 7.09. The highest BCUT2D eigenvalue weighted by Crippen LogP contribution is 2.45. The topological polar surface area (TPSA) is 153 Å². The Morgan fingerprint density at radius 1 is 0.898 bits per heavy atom. The Bertz CT molecular complexity index is 2090. The molecule has 0 spiro atoms. The van der Waals surface area contributed by atoms with Gasteiger partial charge in [-0.2, -0.15) is 0 Å². The van der Waals surface area contributed by atoms with Crippen molar-refractivity contribution in [3.63, 3.8) is 0 Å². The smallest absolute Gasteiger partial charge is 0.408 e. The normalized spacial score (nSPS) is 16.0. The molecule has 2 N–H and O–H groups in total. The number of nitrogens with one attached hydrogen (secondary N) is 2. The summed E-state index contributed by atoms with van der Waals surface area (Å²) in [5, 5.41) is 8.02. The lowest BCUT2D eigenvalue weighted by atomic mass is 9.75. The summed E-state index contributed by atoms with van der Waals surface area (Å²) in [4.78, 5) is 72.4. The van der Waals surface area contributed by atoms with E-state index in [9.17, 15) is 24.0 Å². The third-order valence-corrected chi connectivity index (χ3v) is 12.5. The first-order valence-electron chi connectivity index (χ1n) is 20.3. The monoisotopic (exact) mass is 822 g/mol. The second-order valence-corrected chi connectivity index (χ2v) is 16.9. The van der Waals surface area contributed by atoms with Gasteiger partial charge in [0.1, 0.15) is 22.8 Å². The summed E-state index contributed by atoms with van der Waals surface area (Å²) in [7, 11) is 3.05. The number of alkyl carbamates (subject to hydrolysis) is 1. The van der Waals surface area contributed by atoms with Crippen LogP contribution in [0.1, 0.15) is 104 Å². The number of esters is 2. The Balaban J connectivity index is 1.12. The number of carbonyl (C=O) groups excluding carboxylic acids is 5. The average molecular weight is 823 g/mol. The van der Waals surface area contributed by atoms with Gasteiger partial charge in [-0.25, -0.2) is 9.78 Å². The first-order chi connectivity index (χ1) is 28.3. The summed E-state index contributed by atoms with van der Waals surface area (Å²) in [6, 6.07) is 25.1. The number of benzene rings is 3. The van der Waals surface area contributed by atoms with Crippen LogP contribution in [0, 0.1) is 11.8 Å². The number of carbonyl (C=O) groups is 5. The molecule has 59 heavy (non-hydrogen) atoms. The van der Waals surface area contributed by atoms with Crippen LogP contribution in [0.15, 0.2) is 84.2 Å². The summed E-state index contributed by atoms with van der Waals surface area (Å²) in [6.45, 7) is 7.17. The van der Waals surface area contributed by atoms with E-state index in [4.69, 9.17) is 14.2 Å². The van der Waals surface area contributed by atoms with Gasteiger partial charge in [-0.15, -0.1) is 11.3 Å². The number of likely N-dealkylation sites (N-methyl/N-ethyl adjacent to an activating group) is 1. The van der Waals surface area contributed by atoms with E-state index in [-0.39, 0.29) is 48.5 Å². The van der Waals surface area contributed by atoms with E-state index in [2.05, 4.69) is 39.9 Å². The van der Waals surface area contributed by atoms with E-state index in [0.717, 1.165) is 34.2 Å². The van der Waals surface area contributed by atoms with Gasteiger partial charge in [-0.05, 0) is 65.8 Å². The number of aromatic nitrogens is 1. The van der Waals surface area contributed by atoms with Gasteiger partial charge in [0, 0.05) is 43.8 Å². The minimum absolute atomic E-state index is 0.0770. The number of hydrogen-bond acceptors (Lipinski definition) is 10. The number of rotatable bonds is 17. The van der Waals surface area contributed by atoms with E-state index in [1.165, 1.54) is 25.4 Å². The van der Waals surface area contributed by atoms with Crippen LogP contribution in [0.3, 0.4) is 0 Å². The van der Waals surface area contributed by atoms with E-state index >= 15 is 0 Å². The summed E-state index contributed by atoms with van der Waals surface area (Å²) in [6.07, 6.45) is 1.26. The molecule has 0 radical (unpaired) electrons. The van der Waals surface area contributed by atoms with Crippen LogP contribution in [-0.4, -0.2) is 78.1 Å². The van der Waals surface area contributed by atoms with Crippen LogP contribution in [-0.2, 0) is 35.0 Å². The Hall–Kier alpha value is -5.56. The Kier molecular flexibility index (Phi) is 13.9. The third kappa shape index (κ3) is 10.0. The van der Waals surface area contributed by atoms with Crippen LogP contribution in [0.25, 0.3) is 11.1 Å². The molecule has 1 saturated carbocycles. The molecule has 1 heterocycles. The van der Waals surface area contributed by atoms with Crippen molar-refractivity contribution in [3.8, 4) is 11.1 Å². The zero-order chi connectivity index (χ0) is 42.3. The number of nitrogens with zero attached hydrogens (tertiary/aromatic N) is 2. The molecule has 4 aromatic rings. The maximum Gasteiger partial charge on any atom is 0.408 e. The number of methoxy groups -OCH3 is 1. The summed E-state index contributed by atoms with van der Waals surface area (Å²) in [5.74, 6) is -2.21. The van der Waals surface area contributed by atoms with Gasteiger partial charge in [0.25, 0.3) is 5.91 Å². The summed E-state index contributed by atoms with van der Waals surface area (Å²) in [5.41, 5.74) is 4.48. The van der Waals surface area contributed by atoms with Gasteiger partial charge < -0.3 is 29.7 Å². The molecule has 12 nitrogen and oxygen atoms in total. The molecular weight excluding hydrogens is 769 g/mol. The van der Waals surface area contributed by atoms with Crippen molar-refractivity contribution in [2.45, 2.75) is 95.9 Å². The molecule has 13 heteroatoms. The lowest BCUT2D eigenvalue weighted by molar-refractivity contribution is -0.150. The molecule has 0 unspecified atom stereocenters. The predicted octanol–water partition coefficient (Wildman–Crippen LogP) is 7.62. The summed E-state index contributed by atoms with van der Waals surface area (Å²) >= 11 is 1.19. The van der Waals surface area contributed by atoms with Crippen molar-refractivity contribution < 1.29 is 38.2 Å². The molecule has 0 bridgehead atoms. The van der Waals surface area contributed by atoms with Crippen LogP contribution < -0.4 is 10.6 Å². The van der Waals surface area contributed by atoms with Crippen molar-refractivity contribution in [3.05, 3.63) is 112 Å². The van der Waals surface area contributed by atoms with Gasteiger partial charge in [-0.1, -0.05) is 99.6 Å². The van der Waals surface area contributed by atoms with Crippen molar-refractivity contribution in [2.75, 3.05) is 20.8 Å². The number of thiazole rings is 1. The lowest BCUT2D eigenvalue weighted by Crippen LogP contribution is -2.64. The molecule has 2 aliphatic rings. The van der Waals surface area contributed by atoms with Crippen LogP contribution in [0.4, 0.5) is 4.79 Å². The van der Waals surface area contributed by atoms with Crippen LogP contribution in [0.5, 0.6) is 0 Å². The van der Waals surface area contributed by atoms with Gasteiger partial charge in [0.2, 0.25) is 5.91 Å². The van der Waals surface area contributed by atoms with Gasteiger partial charge >= 0.3 is 18.0 Å². The van der Waals surface area contributed by atoms with E-state index < -0.39 is 41.6 Å². The van der Waals surface area contributed by atoms with Crippen molar-refractivity contribution in [2.24, 2.45) is 11.8 Å². The highest BCUT2D eigenvalue weighted by Gasteiger charge is 2.49. The standard InChI is InChI=1S/C46H54N4O8S/c1-28(2)39(50(5)44(54)46(21-14-22-46)49-45(55)57-26-37-35-19-12-10-17-33(35)34-18-11-13-20-36(34)37)25-40(58-30(4)51)42-48-38(27-59-42)41(52)47-32(23-29(3)43(53)56-6)24-31-15-8-7-9-16-31/h7-13,15-20,27-29,32,37,39-40H,14,21-26H2,1-6H3,(H,47,52)(H,49,55)/t29-,32+,39+,40+/m0/s1. The molecule has 1 aromatic heterocycles. The molecule has 4 atom stereocenters. The molecular formula is C46H54N4O8S. The number of amides is 3. The lowest BCUT2D eigenvalue weighted by Gasteiger charge is -2.45. The van der Waals surface area contributed by atoms with E-state index in [1.54, 1.807) is 24.3 Å². The van der Waals surface area contributed by atoms with Gasteiger partial charge in [-0.3, -0.25) is 19.2 Å². The highest BCUT2D eigenvalue weighted by atomic mass is 32.1. The fourth-order valence-electron chi connectivity index (χ4n) is 8.35. The minimum atomic E-state index is -1.13. The number of hydrogen-bond donors (Lipinski definition) is 2. The molecule has 2 aliphatic carbocycles. The van der Waals surface area contributed by atoms with Crippen molar-refractivity contribution >= 4 is 41.2 Å². The largest absolute Gasteiger partial charge is 0.469 e. The Labute approximate surface area is 350 Å². The predicted molar refractivity (Wildman–Crippen MR) is 225 cm³/mol. The second kappa shape index (κ2) is 19.0. The fourth-order valence-corrected chi connectivity index (χ4v) is 9.19. The van der Waals surface area contributed by atoms with Crippen LogP contribution in [0.2, 0.25) is 0 Å². The zero-order valence-electron chi connectivity index (χ0n) is 34.6. The quantitative estimate of drug-likeness (QED) is 0.0809. The van der Waals surface area contributed by atoms with Crippen molar-refractivity contribution in [1.29, 1.82) is 0 Å². The second-order valence-electron chi connectivity index (χ2n) is 16.0. The molecule has 0 saturated heterocycles. The maximum atomic E-state index is 14.4. The zero-order valence-corrected chi connectivity index (χ0v) is 35.4. The maximum absolute atomic E-state index is 14.4. The molecule has 3 amide bonds. The van der Waals surface area contributed by atoms with Crippen LogP contribution >= 0.6 is 11.3 Å². The van der Waals surface area contributed by atoms with E-state index in [1.807, 2.05) is 68.4 Å². The first kappa shape index (κ1) is 43.0. The average Bonchev–Trinajstić information content (AvgIpc) is 3.83. The number of fused-ring (bicyclic) bond motifs is 3. The Morgan fingerprint density at radius 2 is 1.53 bits per heavy atom. The number of ether oxygens (including phenoxy) is 3. The molecule has 6 rings (SSSR count). The molecule has 3 aromatic carbocycles. The molecule has 0 aliphatic heterocycles.